The van der Waals surface area contributed by atoms with Crippen LogP contribution >= 0.6 is 0 Å². The summed E-state index contributed by atoms with van der Waals surface area (Å²) >= 11 is 0. The van der Waals surface area contributed by atoms with Gasteiger partial charge in [-0.2, -0.15) is 0 Å². The summed E-state index contributed by atoms with van der Waals surface area (Å²) in [6.07, 6.45) is 1.24. The molecule has 80 valence electrons. The minimum absolute atomic E-state index is 0.709. The first-order valence-electron chi connectivity index (χ1n) is 5.64. The van der Waals surface area contributed by atoms with Crippen LogP contribution in [-0.2, 0) is 6.42 Å². The summed E-state index contributed by atoms with van der Waals surface area (Å²) < 4.78 is 5.48. The second-order valence-electron chi connectivity index (χ2n) is 4.82. The molecule has 1 saturated heterocycles. The number of ether oxygens (including phenoxy) is 1. The van der Waals surface area contributed by atoms with E-state index in [-0.39, 0.29) is 0 Å². The van der Waals surface area contributed by atoms with E-state index in [9.17, 15) is 0 Å². The highest BCUT2D eigenvalue weighted by Gasteiger charge is 2.40. The normalized spacial score (nSPS) is 28.9. The molecule has 2 nitrogen and oxygen atoms in total. The zero-order valence-electron chi connectivity index (χ0n) is 9.36. The van der Waals surface area contributed by atoms with Crippen LogP contribution in [0.25, 0.3) is 0 Å². The molecule has 0 bridgehead atoms. The van der Waals surface area contributed by atoms with E-state index in [0.717, 1.165) is 11.7 Å². The fraction of sp³-hybridized carbons (Fsp3) is 0.538. The Bertz CT molecular complexity index is 388. The minimum Gasteiger partial charge on any atom is -0.496 e. The first kappa shape index (κ1) is 9.22. The second-order valence-corrected chi connectivity index (χ2v) is 4.82. The fourth-order valence-corrected chi connectivity index (χ4v) is 3.27. The Morgan fingerprint density at radius 2 is 2.20 bits per heavy atom. The molecule has 1 aliphatic carbocycles. The molecule has 1 aromatic carbocycles. The highest BCUT2D eigenvalue weighted by molar-refractivity contribution is 5.47. The van der Waals surface area contributed by atoms with E-state index in [1.807, 2.05) is 0 Å². The molecule has 2 unspecified atom stereocenters. The average Bonchev–Trinajstić information content (AvgIpc) is 2.72. The lowest BCUT2D eigenvalue weighted by molar-refractivity contribution is 0.389. The Labute approximate surface area is 90.8 Å². The lowest BCUT2D eigenvalue weighted by Gasteiger charge is -2.14. The van der Waals surface area contributed by atoms with Gasteiger partial charge in [-0.1, -0.05) is 12.1 Å². The molecule has 0 spiro atoms. The molecular formula is C13H17NO. The van der Waals surface area contributed by atoms with Gasteiger partial charge in [0.15, 0.2) is 0 Å². The molecule has 3 rings (SSSR count). The van der Waals surface area contributed by atoms with Gasteiger partial charge < -0.3 is 9.64 Å². The molecule has 2 atom stereocenters. The molecule has 15 heavy (non-hydrogen) atoms. The number of likely N-dealkylation sites (tertiary alicyclic amines) is 1. The first-order chi connectivity index (χ1) is 7.29. The number of likely N-dealkylation sites (N-methyl/N-ethyl adjacent to an activating group) is 1. The van der Waals surface area contributed by atoms with Crippen molar-refractivity contribution in [2.24, 2.45) is 5.92 Å². The van der Waals surface area contributed by atoms with Gasteiger partial charge in [-0.3, -0.25) is 0 Å². The van der Waals surface area contributed by atoms with Gasteiger partial charge in [0.2, 0.25) is 0 Å². The number of hydrogen-bond acceptors (Lipinski definition) is 2. The summed E-state index contributed by atoms with van der Waals surface area (Å²) in [5, 5.41) is 0. The Morgan fingerprint density at radius 3 is 3.00 bits per heavy atom. The van der Waals surface area contributed by atoms with Crippen molar-refractivity contribution in [3.63, 3.8) is 0 Å². The van der Waals surface area contributed by atoms with E-state index in [0.29, 0.717) is 5.92 Å². The van der Waals surface area contributed by atoms with Gasteiger partial charge in [0.1, 0.15) is 5.75 Å². The second kappa shape index (κ2) is 3.24. The molecule has 2 heteroatoms. The quantitative estimate of drug-likeness (QED) is 0.691. The number of nitrogens with zero attached hydrogens (tertiary/aromatic N) is 1. The van der Waals surface area contributed by atoms with Crippen molar-refractivity contribution in [2.75, 3.05) is 27.2 Å². The number of hydrogen-bond donors (Lipinski definition) is 0. The molecule has 1 fully saturated rings. The predicted molar refractivity (Wildman–Crippen MR) is 60.4 cm³/mol. The van der Waals surface area contributed by atoms with Crippen molar-refractivity contribution < 1.29 is 4.74 Å². The van der Waals surface area contributed by atoms with Crippen LogP contribution in [0, 0.1) is 5.92 Å². The molecule has 0 amide bonds. The average molecular weight is 203 g/mol. The Morgan fingerprint density at radius 1 is 1.33 bits per heavy atom. The van der Waals surface area contributed by atoms with E-state index >= 15 is 0 Å². The minimum atomic E-state index is 0.709. The number of fused-ring (bicyclic) bond motifs is 3. The molecule has 2 aliphatic rings. The maximum atomic E-state index is 5.48. The largest absolute Gasteiger partial charge is 0.496 e. The maximum absolute atomic E-state index is 5.48. The topological polar surface area (TPSA) is 12.5 Å². The molecule has 1 heterocycles. The van der Waals surface area contributed by atoms with Gasteiger partial charge in [-0.15, -0.1) is 0 Å². The van der Waals surface area contributed by atoms with E-state index in [1.54, 1.807) is 7.11 Å². The van der Waals surface area contributed by atoms with Gasteiger partial charge >= 0.3 is 0 Å². The molecular weight excluding hydrogens is 186 g/mol. The van der Waals surface area contributed by atoms with Gasteiger partial charge in [-0.05, 0) is 31.0 Å². The molecule has 0 radical (unpaired) electrons. The lowest BCUT2D eigenvalue weighted by atomic mass is 9.96. The van der Waals surface area contributed by atoms with Crippen molar-refractivity contribution in [2.45, 2.75) is 12.3 Å². The predicted octanol–water partition coefficient (Wildman–Crippen LogP) is 1.90. The van der Waals surface area contributed by atoms with Crippen LogP contribution in [0.2, 0.25) is 0 Å². The molecule has 1 aliphatic heterocycles. The van der Waals surface area contributed by atoms with Gasteiger partial charge in [0, 0.05) is 24.6 Å². The summed E-state index contributed by atoms with van der Waals surface area (Å²) in [7, 11) is 4.00. The SMILES string of the molecule is COc1cccc2c1C1CN(C)CC1C2. The summed E-state index contributed by atoms with van der Waals surface area (Å²) in [6, 6.07) is 6.47. The van der Waals surface area contributed by atoms with Crippen LogP contribution < -0.4 is 4.74 Å². The third kappa shape index (κ3) is 1.28. The molecule has 0 saturated carbocycles. The highest BCUT2D eigenvalue weighted by atomic mass is 16.5. The van der Waals surface area contributed by atoms with Crippen molar-refractivity contribution in [1.29, 1.82) is 0 Å². The first-order valence-corrected chi connectivity index (χ1v) is 5.64. The summed E-state index contributed by atoms with van der Waals surface area (Å²) in [6.45, 7) is 2.43. The van der Waals surface area contributed by atoms with Crippen LogP contribution in [0.4, 0.5) is 0 Å². The third-order valence-corrected chi connectivity index (χ3v) is 3.85. The summed E-state index contributed by atoms with van der Waals surface area (Å²) in [5.74, 6) is 2.62. The molecule has 0 N–H and O–H groups in total. The molecule has 0 aromatic heterocycles. The van der Waals surface area contributed by atoms with Crippen molar-refractivity contribution >= 4 is 0 Å². The van der Waals surface area contributed by atoms with Gasteiger partial charge in [0.05, 0.1) is 7.11 Å². The molecule has 1 aromatic rings. The van der Waals surface area contributed by atoms with Crippen LogP contribution in [0.15, 0.2) is 18.2 Å². The number of rotatable bonds is 1. The van der Waals surface area contributed by atoms with Crippen LogP contribution in [-0.4, -0.2) is 32.1 Å². The zero-order chi connectivity index (χ0) is 10.4. The van der Waals surface area contributed by atoms with Crippen molar-refractivity contribution in [3.8, 4) is 5.75 Å². The fourth-order valence-electron chi connectivity index (χ4n) is 3.27. The standard InChI is InChI=1S/C13H17NO/c1-14-7-10-6-9-4-3-5-12(15-2)13(9)11(10)8-14/h3-5,10-11H,6-8H2,1-2H3. The van der Waals surface area contributed by atoms with Gasteiger partial charge in [-0.25, -0.2) is 0 Å². The van der Waals surface area contributed by atoms with Crippen molar-refractivity contribution in [1.82, 2.24) is 4.90 Å². The lowest BCUT2D eigenvalue weighted by Crippen LogP contribution is -2.15. The highest BCUT2D eigenvalue weighted by Crippen LogP contribution is 2.46. The van der Waals surface area contributed by atoms with Gasteiger partial charge in [0.25, 0.3) is 0 Å². The number of methoxy groups -OCH3 is 1. The van der Waals surface area contributed by atoms with E-state index in [2.05, 4.69) is 30.1 Å². The Balaban J connectivity index is 2.05. The van der Waals surface area contributed by atoms with E-state index in [1.165, 1.54) is 30.6 Å². The summed E-state index contributed by atoms with van der Waals surface area (Å²) in [4.78, 5) is 2.44. The van der Waals surface area contributed by atoms with E-state index in [4.69, 9.17) is 4.74 Å². The summed E-state index contributed by atoms with van der Waals surface area (Å²) in [5.41, 5.74) is 2.99. The maximum Gasteiger partial charge on any atom is 0.122 e. The van der Waals surface area contributed by atoms with Crippen LogP contribution in [0.3, 0.4) is 0 Å². The zero-order valence-corrected chi connectivity index (χ0v) is 9.36. The monoisotopic (exact) mass is 203 g/mol. The van der Waals surface area contributed by atoms with E-state index < -0.39 is 0 Å². The third-order valence-electron chi connectivity index (χ3n) is 3.85. The smallest absolute Gasteiger partial charge is 0.122 e. The Hall–Kier alpha value is -1.02. The van der Waals surface area contributed by atoms with Crippen molar-refractivity contribution in [3.05, 3.63) is 29.3 Å². The number of benzene rings is 1. The Kier molecular flexibility index (Phi) is 1.99. The van der Waals surface area contributed by atoms with Crippen LogP contribution in [0.5, 0.6) is 5.75 Å². The van der Waals surface area contributed by atoms with Crippen LogP contribution in [0.1, 0.15) is 17.0 Å².